The average molecular weight is 210 g/mol. The maximum Gasteiger partial charge on any atom is 0.196 e. The molecule has 1 aliphatic heterocycles. The van der Waals surface area contributed by atoms with E-state index in [9.17, 15) is 0 Å². The monoisotopic (exact) mass is 210 g/mol. The van der Waals surface area contributed by atoms with Gasteiger partial charge in [-0.25, -0.2) is 9.78 Å². The summed E-state index contributed by atoms with van der Waals surface area (Å²) in [6, 6.07) is 0. The van der Waals surface area contributed by atoms with Crippen LogP contribution < -0.4 is 0 Å². The fraction of sp³-hybridized carbons (Fsp3) is 0.833. The number of hydrogen-bond donors (Lipinski definition) is 0. The van der Waals surface area contributed by atoms with Gasteiger partial charge in [0.1, 0.15) is 6.10 Å². The van der Waals surface area contributed by atoms with Crippen LogP contribution in [0.3, 0.4) is 0 Å². The molecule has 2 aliphatic carbocycles. The minimum absolute atomic E-state index is 0.0584. The molecule has 1 saturated heterocycles. The topological polar surface area (TPSA) is 27.7 Å². The van der Waals surface area contributed by atoms with E-state index in [-0.39, 0.29) is 6.10 Å². The standard InChI is InChI=1S/C12H18O3/c1-12(2)13-7-10(14-15-12)11(8-3-4-8)9-5-6-9/h8,10H,3-7H2,1-2H3. The summed E-state index contributed by atoms with van der Waals surface area (Å²) in [5.41, 5.74) is 3.08. The number of rotatable bonds is 2. The Morgan fingerprint density at radius 3 is 2.47 bits per heavy atom. The summed E-state index contributed by atoms with van der Waals surface area (Å²) in [7, 11) is 0. The highest BCUT2D eigenvalue weighted by atomic mass is 17.2. The summed E-state index contributed by atoms with van der Waals surface area (Å²) in [5.74, 6) is 0.181. The van der Waals surface area contributed by atoms with E-state index in [2.05, 4.69) is 0 Å². The smallest absolute Gasteiger partial charge is 0.196 e. The molecule has 0 radical (unpaired) electrons. The molecular weight excluding hydrogens is 192 g/mol. The predicted octanol–water partition coefficient (Wildman–Crippen LogP) is 2.57. The third-order valence-electron chi connectivity index (χ3n) is 3.22. The van der Waals surface area contributed by atoms with Crippen LogP contribution in [0, 0.1) is 5.92 Å². The van der Waals surface area contributed by atoms with E-state index in [1.807, 2.05) is 13.8 Å². The Balaban J connectivity index is 1.70. The highest BCUT2D eigenvalue weighted by Crippen LogP contribution is 2.47. The van der Waals surface area contributed by atoms with Crippen molar-refractivity contribution in [3.05, 3.63) is 11.1 Å². The van der Waals surface area contributed by atoms with Crippen LogP contribution in [0.2, 0.25) is 0 Å². The number of ether oxygens (including phenoxy) is 1. The van der Waals surface area contributed by atoms with Crippen molar-refractivity contribution in [3.63, 3.8) is 0 Å². The van der Waals surface area contributed by atoms with Gasteiger partial charge < -0.3 is 4.74 Å². The Hall–Kier alpha value is -0.380. The van der Waals surface area contributed by atoms with Gasteiger partial charge in [-0.15, -0.1) is 0 Å². The van der Waals surface area contributed by atoms with Crippen LogP contribution in [0.1, 0.15) is 39.5 Å². The predicted molar refractivity (Wildman–Crippen MR) is 55.0 cm³/mol. The summed E-state index contributed by atoms with van der Waals surface area (Å²) >= 11 is 0. The van der Waals surface area contributed by atoms with Gasteiger partial charge in [0.05, 0.1) is 6.61 Å². The lowest BCUT2D eigenvalue weighted by atomic mass is 10.0. The molecule has 3 nitrogen and oxygen atoms in total. The highest BCUT2D eigenvalue weighted by molar-refractivity contribution is 5.32. The molecule has 1 unspecified atom stereocenters. The normalized spacial score (nSPS) is 34.0. The maximum absolute atomic E-state index is 5.63. The first kappa shape index (κ1) is 9.82. The van der Waals surface area contributed by atoms with Crippen LogP contribution in [0.5, 0.6) is 0 Å². The molecule has 84 valence electrons. The third-order valence-corrected chi connectivity index (χ3v) is 3.22. The van der Waals surface area contributed by atoms with Gasteiger partial charge in [0.2, 0.25) is 0 Å². The largest absolute Gasteiger partial charge is 0.345 e. The van der Waals surface area contributed by atoms with Crippen molar-refractivity contribution < 1.29 is 14.5 Å². The Kier molecular flexibility index (Phi) is 2.16. The molecule has 0 aromatic heterocycles. The maximum atomic E-state index is 5.63. The molecule has 0 aromatic rings. The molecule has 3 heteroatoms. The van der Waals surface area contributed by atoms with E-state index in [0.717, 1.165) is 5.92 Å². The number of allylic oxidation sites excluding steroid dienone is 1. The molecule has 0 bridgehead atoms. The number of hydrogen-bond acceptors (Lipinski definition) is 3. The van der Waals surface area contributed by atoms with Crippen molar-refractivity contribution in [2.24, 2.45) is 5.92 Å². The molecule has 1 atom stereocenters. The van der Waals surface area contributed by atoms with Gasteiger partial charge in [-0.1, -0.05) is 5.57 Å². The molecule has 0 aromatic carbocycles. The molecular formula is C12H18O3. The quantitative estimate of drug-likeness (QED) is 0.518. The molecule has 15 heavy (non-hydrogen) atoms. The fourth-order valence-corrected chi connectivity index (χ4v) is 2.17. The lowest BCUT2D eigenvalue weighted by molar-refractivity contribution is -0.470. The average Bonchev–Trinajstić information content (AvgIpc) is 3.01. The van der Waals surface area contributed by atoms with Gasteiger partial charge in [-0.2, -0.15) is 0 Å². The lowest BCUT2D eigenvalue weighted by Crippen LogP contribution is -2.41. The second-order valence-corrected chi connectivity index (χ2v) is 5.21. The van der Waals surface area contributed by atoms with Gasteiger partial charge in [0.15, 0.2) is 5.79 Å². The Bertz CT molecular complexity index is 286. The summed E-state index contributed by atoms with van der Waals surface area (Å²) in [6.45, 7) is 4.40. The SMILES string of the molecule is CC1(C)OCC(C(=C2CC2)C2CC2)OO1. The van der Waals surface area contributed by atoms with Crippen LogP contribution in [-0.4, -0.2) is 18.5 Å². The summed E-state index contributed by atoms with van der Waals surface area (Å²) in [6.07, 6.45) is 5.22. The second-order valence-electron chi connectivity index (χ2n) is 5.21. The Morgan fingerprint density at radius 2 is 2.00 bits per heavy atom. The second kappa shape index (κ2) is 3.30. The van der Waals surface area contributed by atoms with Crippen molar-refractivity contribution in [2.45, 2.75) is 51.4 Å². The first-order valence-corrected chi connectivity index (χ1v) is 5.86. The van der Waals surface area contributed by atoms with Crippen molar-refractivity contribution in [1.82, 2.24) is 0 Å². The lowest BCUT2D eigenvalue weighted by Gasteiger charge is -2.34. The molecule has 1 heterocycles. The van der Waals surface area contributed by atoms with Crippen molar-refractivity contribution >= 4 is 0 Å². The first-order valence-electron chi connectivity index (χ1n) is 5.86. The minimum Gasteiger partial charge on any atom is -0.345 e. The third kappa shape index (κ3) is 2.10. The molecule has 3 aliphatic rings. The van der Waals surface area contributed by atoms with E-state index >= 15 is 0 Å². The summed E-state index contributed by atoms with van der Waals surface area (Å²) in [4.78, 5) is 10.7. The molecule has 0 amide bonds. The van der Waals surface area contributed by atoms with Gasteiger partial charge in [-0.05, 0) is 51.0 Å². The summed E-state index contributed by atoms with van der Waals surface area (Å²) < 4.78 is 5.63. The fourth-order valence-electron chi connectivity index (χ4n) is 2.17. The van der Waals surface area contributed by atoms with Gasteiger partial charge in [0.25, 0.3) is 0 Å². The van der Waals surface area contributed by atoms with Crippen molar-refractivity contribution in [3.8, 4) is 0 Å². The molecule has 3 fully saturated rings. The summed E-state index contributed by atoms with van der Waals surface area (Å²) in [5, 5.41) is 0. The first-order chi connectivity index (χ1) is 7.16. The Morgan fingerprint density at radius 1 is 1.27 bits per heavy atom. The molecule has 0 N–H and O–H groups in total. The highest BCUT2D eigenvalue weighted by Gasteiger charge is 2.40. The van der Waals surface area contributed by atoms with Crippen molar-refractivity contribution in [1.29, 1.82) is 0 Å². The van der Waals surface area contributed by atoms with Gasteiger partial charge in [0, 0.05) is 0 Å². The van der Waals surface area contributed by atoms with Crippen LogP contribution in [0.4, 0.5) is 0 Å². The van der Waals surface area contributed by atoms with E-state index in [0.29, 0.717) is 6.61 Å². The minimum atomic E-state index is -0.584. The Labute approximate surface area is 90.3 Å². The van der Waals surface area contributed by atoms with Crippen LogP contribution >= 0.6 is 0 Å². The molecule has 2 saturated carbocycles. The molecule has 3 rings (SSSR count). The zero-order valence-corrected chi connectivity index (χ0v) is 9.41. The van der Waals surface area contributed by atoms with E-state index in [1.165, 1.54) is 31.3 Å². The zero-order chi connectivity index (χ0) is 10.5. The van der Waals surface area contributed by atoms with Gasteiger partial charge >= 0.3 is 0 Å². The van der Waals surface area contributed by atoms with Crippen LogP contribution in [-0.2, 0) is 14.5 Å². The van der Waals surface area contributed by atoms with Crippen LogP contribution in [0.15, 0.2) is 11.1 Å². The molecule has 0 spiro atoms. The van der Waals surface area contributed by atoms with Crippen LogP contribution in [0.25, 0.3) is 0 Å². The van der Waals surface area contributed by atoms with E-state index in [4.69, 9.17) is 14.5 Å². The van der Waals surface area contributed by atoms with Gasteiger partial charge in [-0.3, -0.25) is 0 Å². The van der Waals surface area contributed by atoms with E-state index in [1.54, 1.807) is 5.57 Å². The van der Waals surface area contributed by atoms with Crippen molar-refractivity contribution in [2.75, 3.05) is 6.61 Å². The van der Waals surface area contributed by atoms with E-state index < -0.39 is 5.79 Å². The zero-order valence-electron chi connectivity index (χ0n) is 9.41.